The van der Waals surface area contributed by atoms with E-state index in [0.717, 1.165) is 5.52 Å². The topological polar surface area (TPSA) is 12.9 Å². The summed E-state index contributed by atoms with van der Waals surface area (Å²) in [4.78, 5) is 10.2. The molecule has 0 amide bonds. The molecule has 2 aromatic rings. The third-order valence-electron chi connectivity index (χ3n) is 3.77. The van der Waals surface area contributed by atoms with E-state index in [1.54, 1.807) is 0 Å². The zero-order valence-electron chi connectivity index (χ0n) is 13.0. The molecule has 0 aliphatic carbocycles. The van der Waals surface area contributed by atoms with Crippen LogP contribution in [0.5, 0.6) is 0 Å². The standard InChI is InChI=1S/C18H15NS4/c1-10-11(2)21-17(20-10)18-22-12(3)16(23-18)14-8-13-6-4-5-7-15(13)19-9-14/h4-9H,1-3H3. The highest BCUT2D eigenvalue weighted by atomic mass is 32.2. The van der Waals surface area contributed by atoms with Crippen molar-refractivity contribution in [2.24, 2.45) is 0 Å². The number of thioether (sulfide) groups is 4. The average Bonchev–Trinajstić information content (AvgIpc) is 3.10. The number of nitrogens with zero attached hydrogens (tertiary/aromatic N) is 1. The lowest BCUT2D eigenvalue weighted by Crippen LogP contribution is -1.84. The Balaban J connectivity index is 1.67. The van der Waals surface area contributed by atoms with Gasteiger partial charge < -0.3 is 0 Å². The maximum absolute atomic E-state index is 4.62. The van der Waals surface area contributed by atoms with E-state index in [-0.39, 0.29) is 0 Å². The number of para-hydroxylation sites is 1. The van der Waals surface area contributed by atoms with E-state index in [1.165, 1.54) is 39.0 Å². The van der Waals surface area contributed by atoms with Crippen LogP contribution in [-0.2, 0) is 0 Å². The van der Waals surface area contributed by atoms with Crippen LogP contribution in [0.15, 0.2) is 59.7 Å². The third kappa shape index (κ3) is 3.00. The summed E-state index contributed by atoms with van der Waals surface area (Å²) in [5, 5.41) is 1.20. The van der Waals surface area contributed by atoms with Crippen LogP contribution in [0.1, 0.15) is 26.3 Å². The summed E-state index contributed by atoms with van der Waals surface area (Å²) in [5.74, 6) is 0. The van der Waals surface area contributed by atoms with Gasteiger partial charge in [0.2, 0.25) is 0 Å². The Bertz CT molecular complexity index is 892. The molecule has 0 fully saturated rings. The highest BCUT2D eigenvalue weighted by Crippen LogP contribution is 2.61. The van der Waals surface area contributed by atoms with Crippen LogP contribution in [-0.4, -0.2) is 4.98 Å². The van der Waals surface area contributed by atoms with Crippen LogP contribution in [0.4, 0.5) is 0 Å². The largest absolute Gasteiger partial charge is 0.256 e. The predicted octanol–water partition coefficient (Wildman–Crippen LogP) is 7.26. The molecule has 0 atom stereocenters. The fraction of sp³-hybridized carbons (Fsp3) is 0.167. The van der Waals surface area contributed by atoms with Crippen molar-refractivity contribution >= 4 is 62.9 Å². The van der Waals surface area contributed by atoms with Gasteiger partial charge in [0.25, 0.3) is 0 Å². The summed E-state index contributed by atoms with van der Waals surface area (Å²) in [7, 11) is 0. The minimum absolute atomic E-state index is 1.06. The van der Waals surface area contributed by atoms with Crippen LogP contribution >= 0.6 is 47.0 Å². The summed E-state index contributed by atoms with van der Waals surface area (Å²) >= 11 is 7.62. The molecule has 0 N–H and O–H groups in total. The number of fused-ring (bicyclic) bond motifs is 1. The number of pyridine rings is 1. The Morgan fingerprint density at radius 1 is 0.783 bits per heavy atom. The highest BCUT2D eigenvalue weighted by Gasteiger charge is 2.26. The normalized spacial score (nSPS) is 18.7. The Morgan fingerprint density at radius 3 is 2.22 bits per heavy atom. The molecule has 4 rings (SSSR count). The average molecular weight is 374 g/mol. The van der Waals surface area contributed by atoms with Gasteiger partial charge in [-0.1, -0.05) is 65.2 Å². The summed E-state index contributed by atoms with van der Waals surface area (Å²) < 4.78 is 2.84. The van der Waals surface area contributed by atoms with Crippen molar-refractivity contribution in [2.45, 2.75) is 20.8 Å². The molecule has 0 saturated heterocycles. The van der Waals surface area contributed by atoms with Crippen LogP contribution in [0.2, 0.25) is 0 Å². The molecule has 3 heterocycles. The van der Waals surface area contributed by atoms with Gasteiger partial charge in [-0.25, -0.2) is 0 Å². The lowest BCUT2D eigenvalue weighted by atomic mass is 10.1. The fourth-order valence-electron chi connectivity index (χ4n) is 2.44. The van der Waals surface area contributed by atoms with Gasteiger partial charge >= 0.3 is 0 Å². The zero-order valence-corrected chi connectivity index (χ0v) is 16.3. The summed E-state index contributed by atoms with van der Waals surface area (Å²) in [6.45, 7) is 6.63. The lowest BCUT2D eigenvalue weighted by Gasteiger charge is -2.05. The van der Waals surface area contributed by atoms with Crippen molar-refractivity contribution in [2.75, 3.05) is 0 Å². The second-order valence-corrected chi connectivity index (χ2v) is 10.6. The van der Waals surface area contributed by atoms with E-state index in [9.17, 15) is 0 Å². The van der Waals surface area contributed by atoms with Gasteiger partial charge in [-0.05, 0) is 42.7 Å². The van der Waals surface area contributed by atoms with E-state index in [2.05, 4.69) is 50.0 Å². The molecule has 116 valence electrons. The summed E-state index contributed by atoms with van der Waals surface area (Å²) in [6.07, 6.45) is 2.01. The van der Waals surface area contributed by atoms with E-state index in [1.807, 2.05) is 59.3 Å². The number of allylic oxidation sites excluding steroid dienone is 3. The SMILES string of the molecule is CC1=C(C)SC(=C2SC(C)=C(c3cnc4ccccc4c3)S2)S1. The van der Waals surface area contributed by atoms with Gasteiger partial charge in [0.15, 0.2) is 0 Å². The van der Waals surface area contributed by atoms with Crippen molar-refractivity contribution in [3.8, 4) is 0 Å². The number of aromatic nitrogens is 1. The van der Waals surface area contributed by atoms with Crippen molar-refractivity contribution < 1.29 is 0 Å². The number of hydrogen-bond acceptors (Lipinski definition) is 5. The minimum atomic E-state index is 1.06. The van der Waals surface area contributed by atoms with Crippen molar-refractivity contribution in [1.29, 1.82) is 0 Å². The summed E-state index contributed by atoms with van der Waals surface area (Å²) in [6, 6.07) is 10.6. The first-order valence-electron chi connectivity index (χ1n) is 7.31. The molecule has 1 nitrogen and oxygen atoms in total. The van der Waals surface area contributed by atoms with E-state index in [4.69, 9.17) is 0 Å². The molecule has 0 unspecified atom stereocenters. The molecule has 2 aliphatic heterocycles. The Morgan fingerprint density at radius 2 is 1.43 bits per heavy atom. The second-order valence-electron chi connectivity index (χ2n) is 5.40. The molecule has 1 aromatic heterocycles. The molecular weight excluding hydrogens is 358 g/mol. The monoisotopic (exact) mass is 373 g/mol. The molecule has 23 heavy (non-hydrogen) atoms. The molecular formula is C18H15NS4. The van der Waals surface area contributed by atoms with Gasteiger partial charge in [0, 0.05) is 27.0 Å². The Kier molecular flexibility index (Phi) is 4.30. The maximum atomic E-state index is 4.62. The van der Waals surface area contributed by atoms with Gasteiger partial charge in [0.05, 0.1) is 14.0 Å². The van der Waals surface area contributed by atoms with Crippen molar-refractivity contribution in [3.05, 3.63) is 65.3 Å². The van der Waals surface area contributed by atoms with Crippen LogP contribution < -0.4 is 0 Å². The minimum Gasteiger partial charge on any atom is -0.256 e. The quantitative estimate of drug-likeness (QED) is 0.520. The fourth-order valence-corrected chi connectivity index (χ4v) is 7.87. The molecule has 2 aliphatic rings. The van der Waals surface area contributed by atoms with Gasteiger partial charge in [-0.3, -0.25) is 4.98 Å². The van der Waals surface area contributed by atoms with Crippen molar-refractivity contribution in [1.82, 2.24) is 4.98 Å². The first kappa shape index (κ1) is 15.8. The maximum Gasteiger partial charge on any atom is 0.0703 e. The Labute approximate surface area is 153 Å². The predicted molar refractivity (Wildman–Crippen MR) is 110 cm³/mol. The number of benzene rings is 1. The zero-order chi connectivity index (χ0) is 16.0. The highest BCUT2D eigenvalue weighted by molar-refractivity contribution is 8.35. The smallest absolute Gasteiger partial charge is 0.0703 e. The first-order valence-corrected chi connectivity index (χ1v) is 10.6. The third-order valence-corrected chi connectivity index (χ3v) is 9.58. The Hall–Kier alpha value is -0.750. The van der Waals surface area contributed by atoms with Crippen LogP contribution in [0.3, 0.4) is 0 Å². The molecule has 1 aromatic carbocycles. The van der Waals surface area contributed by atoms with E-state index in [0.29, 0.717) is 0 Å². The van der Waals surface area contributed by atoms with Crippen molar-refractivity contribution in [3.63, 3.8) is 0 Å². The van der Waals surface area contributed by atoms with Gasteiger partial charge in [-0.15, -0.1) is 0 Å². The lowest BCUT2D eigenvalue weighted by molar-refractivity contribution is 1.39. The number of hydrogen-bond donors (Lipinski definition) is 0. The van der Waals surface area contributed by atoms with E-state index < -0.39 is 0 Å². The number of rotatable bonds is 1. The summed E-state index contributed by atoms with van der Waals surface area (Å²) in [5.41, 5.74) is 2.28. The van der Waals surface area contributed by atoms with Gasteiger partial charge in [-0.2, -0.15) is 0 Å². The second kappa shape index (κ2) is 6.28. The molecule has 0 bridgehead atoms. The molecule has 5 heteroatoms. The molecule has 0 saturated carbocycles. The molecule has 0 radical (unpaired) electrons. The van der Waals surface area contributed by atoms with Crippen LogP contribution in [0.25, 0.3) is 15.8 Å². The van der Waals surface area contributed by atoms with Gasteiger partial charge in [0.1, 0.15) is 0 Å². The van der Waals surface area contributed by atoms with E-state index >= 15 is 0 Å². The van der Waals surface area contributed by atoms with Crippen LogP contribution in [0, 0.1) is 0 Å². The first-order chi connectivity index (χ1) is 11.1. The molecule has 0 spiro atoms.